The third kappa shape index (κ3) is 1.67. The van der Waals surface area contributed by atoms with Crippen LogP contribution < -0.4 is 0 Å². The maximum Gasteiger partial charge on any atom is 0.151 e. The molecule has 5 heteroatoms. The second-order valence-electron chi connectivity index (χ2n) is 3.82. The van der Waals surface area contributed by atoms with E-state index >= 15 is 0 Å². The number of H-pyrrole nitrogens is 1. The first-order valence-electron chi connectivity index (χ1n) is 4.89. The van der Waals surface area contributed by atoms with Gasteiger partial charge in [0.25, 0.3) is 0 Å². The number of pyridine rings is 1. The molecular weight excluding hydrogens is 225 g/mol. The van der Waals surface area contributed by atoms with Gasteiger partial charge in [-0.3, -0.25) is 14.8 Å². The molecule has 0 aromatic carbocycles. The third-order valence-electron chi connectivity index (χ3n) is 2.49. The molecule has 84 valence electrons. The van der Waals surface area contributed by atoms with Crippen LogP contribution in [0.25, 0.3) is 11.4 Å². The van der Waals surface area contributed by atoms with E-state index in [1.807, 2.05) is 6.92 Å². The van der Waals surface area contributed by atoms with Crippen molar-refractivity contribution in [3.63, 3.8) is 0 Å². The highest BCUT2D eigenvalue weighted by atomic mass is 32.1. The van der Waals surface area contributed by atoms with Crippen LogP contribution in [-0.4, -0.2) is 14.8 Å². The summed E-state index contributed by atoms with van der Waals surface area (Å²) in [5.41, 5.74) is 2.60. The Hall–Kier alpha value is -1.49. The Morgan fingerprint density at radius 1 is 1.44 bits per heavy atom. The van der Waals surface area contributed by atoms with Crippen molar-refractivity contribution < 1.29 is 4.39 Å². The van der Waals surface area contributed by atoms with E-state index in [-0.39, 0.29) is 5.82 Å². The molecule has 2 aromatic heterocycles. The predicted octanol–water partition coefficient (Wildman–Crippen LogP) is 2.90. The standard InChI is InChI=1S/C11H12FN3S/c1-6-4-8(12)10(13-5-6)9-7(2)11(16)15(3)14-9/h4-5,14H,1-3H3. The lowest BCUT2D eigenvalue weighted by molar-refractivity contribution is 0.622. The normalized spacial score (nSPS) is 10.8. The van der Waals surface area contributed by atoms with Gasteiger partial charge in [0.1, 0.15) is 10.3 Å². The van der Waals surface area contributed by atoms with E-state index < -0.39 is 0 Å². The Labute approximate surface area is 97.9 Å². The van der Waals surface area contributed by atoms with E-state index in [0.717, 1.165) is 11.1 Å². The summed E-state index contributed by atoms with van der Waals surface area (Å²) in [4.78, 5) is 4.10. The second-order valence-corrected chi connectivity index (χ2v) is 4.21. The van der Waals surface area contributed by atoms with Crippen molar-refractivity contribution in [2.45, 2.75) is 13.8 Å². The van der Waals surface area contributed by atoms with Crippen LogP contribution in [0.5, 0.6) is 0 Å². The van der Waals surface area contributed by atoms with E-state index in [0.29, 0.717) is 16.0 Å². The first kappa shape index (κ1) is 11.0. The zero-order valence-corrected chi connectivity index (χ0v) is 10.2. The average Bonchev–Trinajstić information content (AvgIpc) is 2.46. The van der Waals surface area contributed by atoms with E-state index in [9.17, 15) is 4.39 Å². The molecule has 0 unspecified atom stereocenters. The lowest BCUT2D eigenvalue weighted by Gasteiger charge is -2.01. The van der Waals surface area contributed by atoms with Gasteiger partial charge in [0, 0.05) is 18.8 Å². The number of aromatic nitrogens is 3. The molecule has 16 heavy (non-hydrogen) atoms. The summed E-state index contributed by atoms with van der Waals surface area (Å²) in [7, 11) is 1.80. The average molecular weight is 237 g/mol. The minimum atomic E-state index is -0.333. The summed E-state index contributed by atoms with van der Waals surface area (Å²) in [5, 5.41) is 3.00. The van der Waals surface area contributed by atoms with E-state index in [1.165, 1.54) is 6.07 Å². The smallest absolute Gasteiger partial charge is 0.151 e. The Balaban J connectivity index is 2.68. The summed E-state index contributed by atoms with van der Waals surface area (Å²) in [6.07, 6.45) is 1.64. The number of rotatable bonds is 1. The number of nitrogens with zero attached hydrogens (tertiary/aromatic N) is 2. The van der Waals surface area contributed by atoms with Crippen LogP contribution in [0.15, 0.2) is 12.3 Å². The number of aryl methyl sites for hydroxylation is 2. The SMILES string of the molecule is Cc1cnc(-c2[nH]n(C)c(=S)c2C)c(F)c1. The molecule has 2 heterocycles. The number of aromatic amines is 1. The van der Waals surface area contributed by atoms with Gasteiger partial charge in [-0.15, -0.1) is 0 Å². The highest BCUT2D eigenvalue weighted by Gasteiger charge is 2.13. The molecule has 2 rings (SSSR count). The van der Waals surface area contributed by atoms with Crippen LogP contribution in [0.3, 0.4) is 0 Å². The van der Waals surface area contributed by atoms with E-state index in [1.54, 1.807) is 24.9 Å². The summed E-state index contributed by atoms with van der Waals surface area (Å²) < 4.78 is 16.1. The molecule has 0 bridgehead atoms. The topological polar surface area (TPSA) is 33.6 Å². The largest absolute Gasteiger partial charge is 0.295 e. The van der Waals surface area contributed by atoms with Crippen molar-refractivity contribution >= 4 is 12.2 Å². The maximum absolute atomic E-state index is 13.7. The van der Waals surface area contributed by atoms with Gasteiger partial charge in [0.05, 0.1) is 5.69 Å². The van der Waals surface area contributed by atoms with Gasteiger partial charge in [-0.2, -0.15) is 0 Å². The fraction of sp³-hybridized carbons (Fsp3) is 0.273. The van der Waals surface area contributed by atoms with Crippen molar-refractivity contribution in [1.29, 1.82) is 0 Å². The molecule has 0 aliphatic carbocycles. The van der Waals surface area contributed by atoms with Crippen molar-refractivity contribution in [3.8, 4) is 11.4 Å². The fourth-order valence-electron chi connectivity index (χ4n) is 1.61. The van der Waals surface area contributed by atoms with Gasteiger partial charge in [0.15, 0.2) is 5.82 Å². The molecule has 0 aliphatic heterocycles. The predicted molar refractivity (Wildman–Crippen MR) is 63.3 cm³/mol. The third-order valence-corrected chi connectivity index (χ3v) is 3.07. The monoisotopic (exact) mass is 237 g/mol. The van der Waals surface area contributed by atoms with Crippen molar-refractivity contribution in [1.82, 2.24) is 14.8 Å². The number of hydrogen-bond donors (Lipinski definition) is 1. The molecule has 0 radical (unpaired) electrons. The van der Waals surface area contributed by atoms with Gasteiger partial charge in [-0.1, -0.05) is 12.2 Å². The molecule has 0 atom stereocenters. The lowest BCUT2D eigenvalue weighted by Crippen LogP contribution is -1.94. The number of nitrogens with one attached hydrogen (secondary N) is 1. The molecular formula is C11H12FN3S. The highest BCUT2D eigenvalue weighted by Crippen LogP contribution is 2.23. The maximum atomic E-state index is 13.7. The molecule has 0 saturated heterocycles. The summed E-state index contributed by atoms with van der Waals surface area (Å²) >= 11 is 5.17. The summed E-state index contributed by atoms with van der Waals surface area (Å²) in [6, 6.07) is 1.46. The highest BCUT2D eigenvalue weighted by molar-refractivity contribution is 7.71. The van der Waals surface area contributed by atoms with Crippen LogP contribution in [-0.2, 0) is 7.05 Å². The first-order valence-corrected chi connectivity index (χ1v) is 5.29. The van der Waals surface area contributed by atoms with E-state index in [4.69, 9.17) is 12.2 Å². The molecule has 3 nitrogen and oxygen atoms in total. The van der Waals surface area contributed by atoms with Crippen molar-refractivity contribution in [2.75, 3.05) is 0 Å². The Morgan fingerprint density at radius 3 is 2.62 bits per heavy atom. The molecule has 0 amide bonds. The Morgan fingerprint density at radius 2 is 2.12 bits per heavy atom. The zero-order valence-electron chi connectivity index (χ0n) is 9.34. The van der Waals surface area contributed by atoms with Crippen LogP contribution in [0.1, 0.15) is 11.1 Å². The number of hydrogen-bond acceptors (Lipinski definition) is 2. The van der Waals surface area contributed by atoms with Gasteiger partial charge in [-0.25, -0.2) is 4.39 Å². The lowest BCUT2D eigenvalue weighted by atomic mass is 10.2. The molecule has 2 aromatic rings. The zero-order chi connectivity index (χ0) is 11.9. The van der Waals surface area contributed by atoms with Crippen LogP contribution in [0.2, 0.25) is 0 Å². The molecule has 0 saturated carbocycles. The first-order chi connectivity index (χ1) is 7.50. The molecule has 0 fully saturated rings. The summed E-state index contributed by atoms with van der Waals surface area (Å²) in [5.74, 6) is -0.333. The van der Waals surface area contributed by atoms with Crippen LogP contribution in [0.4, 0.5) is 4.39 Å². The molecule has 1 N–H and O–H groups in total. The van der Waals surface area contributed by atoms with Crippen LogP contribution >= 0.6 is 12.2 Å². The molecule has 0 spiro atoms. The van der Waals surface area contributed by atoms with Gasteiger partial charge >= 0.3 is 0 Å². The van der Waals surface area contributed by atoms with Crippen LogP contribution in [0, 0.1) is 24.3 Å². The quantitative estimate of drug-likeness (QED) is 0.774. The Kier molecular flexibility index (Phi) is 2.63. The van der Waals surface area contributed by atoms with Crippen molar-refractivity contribution in [2.24, 2.45) is 7.05 Å². The van der Waals surface area contributed by atoms with Gasteiger partial charge in [0.2, 0.25) is 0 Å². The second kappa shape index (κ2) is 3.83. The summed E-state index contributed by atoms with van der Waals surface area (Å²) in [6.45, 7) is 3.66. The minimum absolute atomic E-state index is 0.315. The fourth-order valence-corrected chi connectivity index (χ4v) is 1.76. The molecule has 0 aliphatic rings. The van der Waals surface area contributed by atoms with Crippen molar-refractivity contribution in [3.05, 3.63) is 33.8 Å². The number of halogens is 1. The van der Waals surface area contributed by atoms with E-state index in [2.05, 4.69) is 10.1 Å². The van der Waals surface area contributed by atoms with Gasteiger partial charge < -0.3 is 0 Å². The minimum Gasteiger partial charge on any atom is -0.295 e. The Bertz CT molecular complexity index is 598. The van der Waals surface area contributed by atoms with Gasteiger partial charge in [-0.05, 0) is 25.5 Å².